The van der Waals surface area contributed by atoms with Gasteiger partial charge in [0.1, 0.15) is 5.75 Å². The molecular weight excluding hydrogens is 312 g/mol. The van der Waals surface area contributed by atoms with Crippen LogP contribution in [0.5, 0.6) is 5.75 Å². The van der Waals surface area contributed by atoms with Crippen molar-refractivity contribution in [2.24, 2.45) is 0 Å². The molecule has 25 heavy (non-hydrogen) atoms. The molecule has 0 amide bonds. The highest BCUT2D eigenvalue weighted by molar-refractivity contribution is 5.70. The summed E-state index contributed by atoms with van der Waals surface area (Å²) in [5.41, 5.74) is 2.02. The lowest BCUT2D eigenvalue weighted by molar-refractivity contribution is -0.138. The van der Waals surface area contributed by atoms with Gasteiger partial charge < -0.3 is 9.84 Å². The molecule has 1 atom stereocenters. The van der Waals surface area contributed by atoms with Crippen LogP contribution in [-0.4, -0.2) is 11.1 Å². The molecule has 3 aromatic rings. The smallest absolute Gasteiger partial charge is 0.304 e. The first-order chi connectivity index (χ1) is 12.2. The van der Waals surface area contributed by atoms with Crippen LogP contribution in [0.2, 0.25) is 0 Å². The number of fused-ring (bicyclic) bond motifs is 1. The first-order valence-electron chi connectivity index (χ1n) is 8.32. The Bertz CT molecular complexity index is 848. The van der Waals surface area contributed by atoms with E-state index in [-0.39, 0.29) is 12.3 Å². The molecule has 1 heterocycles. The van der Waals surface area contributed by atoms with E-state index in [1.54, 1.807) is 0 Å². The van der Waals surface area contributed by atoms with E-state index in [9.17, 15) is 9.90 Å². The van der Waals surface area contributed by atoms with Gasteiger partial charge in [-0.25, -0.2) is 0 Å². The lowest BCUT2D eigenvalue weighted by atomic mass is 9.73. The van der Waals surface area contributed by atoms with Gasteiger partial charge in [-0.3, -0.25) is 4.79 Å². The Morgan fingerprint density at radius 1 is 0.840 bits per heavy atom. The molecule has 0 aromatic heterocycles. The average molecular weight is 330 g/mol. The Balaban J connectivity index is 1.99. The van der Waals surface area contributed by atoms with Gasteiger partial charge in [0.2, 0.25) is 0 Å². The predicted octanol–water partition coefficient (Wildman–Crippen LogP) is 4.58. The fraction of sp³-hybridized carbons (Fsp3) is 0.136. The number of carboxylic acid groups (broad SMARTS) is 1. The molecular formula is C22H18O3. The number of carbonyl (C=O) groups is 1. The maximum absolute atomic E-state index is 11.7. The molecule has 0 radical (unpaired) electrons. The largest absolute Gasteiger partial charge is 0.481 e. The predicted molar refractivity (Wildman–Crippen MR) is 95.7 cm³/mol. The van der Waals surface area contributed by atoms with Crippen LogP contribution in [0, 0.1) is 0 Å². The SMILES string of the molecule is O=C(O)C[C@@H]1c2ccccc2OC1(c1ccccc1)c1ccccc1. The molecule has 1 aliphatic rings. The third-order valence-electron chi connectivity index (χ3n) is 4.84. The molecule has 1 N–H and O–H groups in total. The van der Waals surface area contributed by atoms with Crippen LogP contribution in [0.25, 0.3) is 0 Å². The lowest BCUT2D eigenvalue weighted by Gasteiger charge is -2.35. The first kappa shape index (κ1) is 15.5. The highest BCUT2D eigenvalue weighted by atomic mass is 16.5. The van der Waals surface area contributed by atoms with Crippen LogP contribution in [-0.2, 0) is 10.4 Å². The van der Waals surface area contributed by atoms with Gasteiger partial charge in [0.05, 0.1) is 6.42 Å². The molecule has 124 valence electrons. The number of carboxylic acids is 1. The molecule has 3 heteroatoms. The van der Waals surface area contributed by atoms with Crippen molar-refractivity contribution in [1.82, 2.24) is 0 Å². The number of hydrogen-bond donors (Lipinski definition) is 1. The van der Waals surface area contributed by atoms with Crippen LogP contribution in [0.4, 0.5) is 0 Å². The third kappa shape index (κ3) is 2.49. The third-order valence-corrected chi connectivity index (χ3v) is 4.84. The number of ether oxygens (including phenoxy) is 1. The van der Waals surface area contributed by atoms with Gasteiger partial charge in [-0.05, 0) is 6.07 Å². The summed E-state index contributed by atoms with van der Waals surface area (Å²) in [6, 6.07) is 27.5. The molecule has 3 nitrogen and oxygen atoms in total. The fourth-order valence-corrected chi connectivity index (χ4v) is 3.81. The number of rotatable bonds is 4. The van der Waals surface area contributed by atoms with E-state index in [1.165, 1.54) is 0 Å². The number of hydrogen-bond acceptors (Lipinski definition) is 2. The molecule has 1 aliphatic heterocycles. The molecule has 0 spiro atoms. The molecule has 0 saturated carbocycles. The highest BCUT2D eigenvalue weighted by Gasteiger charge is 2.51. The summed E-state index contributed by atoms with van der Waals surface area (Å²) >= 11 is 0. The Kier molecular flexibility index (Phi) is 3.77. The summed E-state index contributed by atoms with van der Waals surface area (Å²) in [5, 5.41) is 9.57. The molecule has 0 bridgehead atoms. The maximum Gasteiger partial charge on any atom is 0.304 e. The van der Waals surface area contributed by atoms with E-state index in [0.29, 0.717) is 0 Å². The Morgan fingerprint density at radius 3 is 1.92 bits per heavy atom. The number of para-hydroxylation sites is 1. The van der Waals surface area contributed by atoms with Crippen molar-refractivity contribution in [2.75, 3.05) is 0 Å². The summed E-state index contributed by atoms with van der Waals surface area (Å²) < 4.78 is 6.52. The zero-order chi connectivity index (χ0) is 17.3. The van der Waals surface area contributed by atoms with Crippen molar-refractivity contribution >= 4 is 5.97 Å². The standard InChI is InChI=1S/C22H18O3/c23-21(24)15-19-18-13-7-8-14-20(18)25-22(19,16-9-3-1-4-10-16)17-11-5-2-6-12-17/h1-14,19H,15H2,(H,23,24)/t19-/m1/s1. The van der Waals surface area contributed by atoms with Crippen molar-refractivity contribution in [3.63, 3.8) is 0 Å². The fourth-order valence-electron chi connectivity index (χ4n) is 3.81. The van der Waals surface area contributed by atoms with Crippen molar-refractivity contribution in [3.05, 3.63) is 102 Å². The van der Waals surface area contributed by atoms with Crippen molar-refractivity contribution in [1.29, 1.82) is 0 Å². The summed E-state index contributed by atoms with van der Waals surface area (Å²) in [5.74, 6) is -0.381. The van der Waals surface area contributed by atoms with Gasteiger partial charge in [-0.15, -0.1) is 0 Å². The second-order valence-corrected chi connectivity index (χ2v) is 6.26. The quantitative estimate of drug-likeness (QED) is 0.761. The summed E-state index contributed by atoms with van der Waals surface area (Å²) in [6.07, 6.45) is 0.000796. The topological polar surface area (TPSA) is 46.5 Å². The van der Waals surface area contributed by atoms with E-state index >= 15 is 0 Å². The van der Waals surface area contributed by atoms with Gasteiger partial charge in [-0.2, -0.15) is 0 Å². The van der Waals surface area contributed by atoms with Gasteiger partial charge >= 0.3 is 5.97 Å². The van der Waals surface area contributed by atoms with E-state index in [4.69, 9.17) is 4.74 Å². The lowest BCUT2D eigenvalue weighted by Crippen LogP contribution is -2.37. The van der Waals surface area contributed by atoms with Crippen molar-refractivity contribution in [3.8, 4) is 5.75 Å². The van der Waals surface area contributed by atoms with E-state index in [1.807, 2.05) is 84.9 Å². The van der Waals surface area contributed by atoms with E-state index in [0.717, 1.165) is 22.4 Å². The van der Waals surface area contributed by atoms with Crippen molar-refractivity contribution < 1.29 is 14.6 Å². The Labute approximate surface area is 146 Å². The minimum absolute atomic E-state index is 0.000796. The molecule has 0 fully saturated rings. The van der Waals surface area contributed by atoms with Gasteiger partial charge in [0, 0.05) is 22.6 Å². The van der Waals surface area contributed by atoms with Gasteiger partial charge in [-0.1, -0.05) is 78.9 Å². The zero-order valence-corrected chi connectivity index (χ0v) is 13.6. The van der Waals surface area contributed by atoms with Gasteiger partial charge in [0.15, 0.2) is 5.60 Å². The normalized spacial score (nSPS) is 17.5. The monoisotopic (exact) mass is 330 g/mol. The molecule has 3 aromatic carbocycles. The number of benzene rings is 3. The zero-order valence-electron chi connectivity index (χ0n) is 13.6. The highest BCUT2D eigenvalue weighted by Crippen LogP contribution is 2.55. The summed E-state index contributed by atoms with van der Waals surface area (Å²) in [7, 11) is 0. The second-order valence-electron chi connectivity index (χ2n) is 6.26. The molecule has 0 unspecified atom stereocenters. The van der Waals surface area contributed by atoms with Crippen molar-refractivity contribution in [2.45, 2.75) is 17.9 Å². The Morgan fingerprint density at radius 2 is 1.36 bits per heavy atom. The van der Waals surface area contributed by atoms with Gasteiger partial charge in [0.25, 0.3) is 0 Å². The summed E-state index contributed by atoms with van der Waals surface area (Å²) in [4.78, 5) is 11.7. The molecule has 4 rings (SSSR count). The maximum atomic E-state index is 11.7. The van der Waals surface area contributed by atoms with Crippen LogP contribution in [0.1, 0.15) is 29.0 Å². The first-order valence-corrected chi connectivity index (χ1v) is 8.32. The molecule has 0 aliphatic carbocycles. The van der Waals surface area contributed by atoms with Crippen LogP contribution in [0.15, 0.2) is 84.9 Å². The Hall–Kier alpha value is -3.07. The minimum Gasteiger partial charge on any atom is -0.481 e. The average Bonchev–Trinajstić information content (AvgIpc) is 2.98. The minimum atomic E-state index is -0.843. The van der Waals surface area contributed by atoms with Crippen LogP contribution < -0.4 is 4.74 Å². The molecule has 0 saturated heterocycles. The van der Waals surface area contributed by atoms with E-state index in [2.05, 4.69) is 0 Å². The summed E-state index contributed by atoms with van der Waals surface area (Å²) in [6.45, 7) is 0. The van der Waals surface area contributed by atoms with Crippen LogP contribution in [0.3, 0.4) is 0 Å². The number of aliphatic carboxylic acids is 1. The van der Waals surface area contributed by atoms with E-state index < -0.39 is 11.6 Å². The second kappa shape index (κ2) is 6.10. The van der Waals surface area contributed by atoms with Crippen LogP contribution >= 0.6 is 0 Å².